The van der Waals surface area contributed by atoms with Gasteiger partial charge in [-0.05, 0) is 26.9 Å². The first-order chi connectivity index (χ1) is 9.70. The van der Waals surface area contributed by atoms with E-state index in [9.17, 15) is 9.90 Å². The first-order valence-electron chi connectivity index (χ1n) is 7.36. The normalized spacial score (nSPS) is 17.5. The Bertz CT molecular complexity index is 511. The summed E-state index contributed by atoms with van der Waals surface area (Å²) in [4.78, 5) is 21.0. The lowest BCUT2D eigenvalue weighted by molar-refractivity contribution is 0.0699. The molecular weight excluding hydrogens is 286 g/mol. The molecule has 0 unspecified atom stereocenters. The lowest BCUT2D eigenvalue weighted by Crippen LogP contribution is -2.42. The number of hydrogen-bond acceptors (Lipinski definition) is 5. The van der Waals surface area contributed by atoms with Crippen LogP contribution in [0.1, 0.15) is 49.0 Å². The van der Waals surface area contributed by atoms with Gasteiger partial charge in [-0.2, -0.15) is 0 Å². The van der Waals surface area contributed by atoms with Crippen LogP contribution in [0.15, 0.2) is 0 Å². The maximum absolute atomic E-state index is 11.5. The fourth-order valence-electron chi connectivity index (χ4n) is 2.67. The summed E-state index contributed by atoms with van der Waals surface area (Å²) in [5.41, 5.74) is 0.453. The Hall–Kier alpha value is -1.14. The van der Waals surface area contributed by atoms with Crippen LogP contribution in [0.5, 0.6) is 0 Å². The number of nitrogens with zero attached hydrogens (tertiary/aromatic N) is 3. The van der Waals surface area contributed by atoms with Crippen molar-refractivity contribution in [2.75, 3.05) is 32.1 Å². The van der Waals surface area contributed by atoms with Gasteiger partial charge in [0.25, 0.3) is 0 Å². The number of carboxylic acid groups (broad SMARTS) is 1. The van der Waals surface area contributed by atoms with Crippen molar-refractivity contribution in [1.29, 1.82) is 0 Å². The molecule has 1 N–H and O–H groups in total. The van der Waals surface area contributed by atoms with Crippen molar-refractivity contribution in [2.24, 2.45) is 0 Å². The van der Waals surface area contributed by atoms with Gasteiger partial charge in [0.1, 0.15) is 4.88 Å². The number of aromatic carboxylic acids is 1. The number of anilines is 1. The summed E-state index contributed by atoms with van der Waals surface area (Å²) < 4.78 is 0. The van der Waals surface area contributed by atoms with E-state index in [0.717, 1.165) is 31.1 Å². The van der Waals surface area contributed by atoms with Crippen LogP contribution >= 0.6 is 11.3 Å². The summed E-state index contributed by atoms with van der Waals surface area (Å²) in [5.74, 6) is -0.869. The molecule has 1 aliphatic rings. The molecule has 0 atom stereocenters. The van der Waals surface area contributed by atoms with Crippen molar-refractivity contribution < 1.29 is 9.90 Å². The molecule has 1 saturated heterocycles. The van der Waals surface area contributed by atoms with E-state index in [2.05, 4.69) is 28.9 Å². The molecule has 1 fully saturated rings. The molecule has 0 aliphatic carbocycles. The number of rotatable bonds is 3. The summed E-state index contributed by atoms with van der Waals surface area (Å²) in [7, 11) is 4.23. The van der Waals surface area contributed by atoms with Crippen molar-refractivity contribution in [1.82, 2.24) is 9.88 Å². The molecule has 1 aromatic heterocycles. The van der Waals surface area contributed by atoms with Crippen molar-refractivity contribution in [2.45, 2.75) is 45.1 Å². The summed E-state index contributed by atoms with van der Waals surface area (Å²) in [5, 5.41) is 10.3. The Balaban J connectivity index is 2.20. The van der Waals surface area contributed by atoms with Gasteiger partial charge < -0.3 is 14.9 Å². The van der Waals surface area contributed by atoms with E-state index in [4.69, 9.17) is 0 Å². The Morgan fingerprint density at radius 2 is 1.90 bits per heavy atom. The van der Waals surface area contributed by atoms with Crippen LogP contribution in [0.4, 0.5) is 5.13 Å². The zero-order valence-corrected chi connectivity index (χ0v) is 14.3. The largest absolute Gasteiger partial charge is 0.477 e. The molecule has 0 radical (unpaired) electrons. The van der Waals surface area contributed by atoms with Crippen LogP contribution < -0.4 is 4.90 Å². The fourth-order valence-corrected chi connectivity index (χ4v) is 3.84. The quantitative estimate of drug-likeness (QED) is 0.930. The SMILES string of the molecule is CN(C)C1CCN(c2nc(C(C)(C)C)c(C(=O)O)s2)CC1. The maximum Gasteiger partial charge on any atom is 0.347 e. The van der Waals surface area contributed by atoms with Crippen LogP contribution in [-0.4, -0.2) is 54.2 Å². The molecular formula is C15H25N3O2S. The molecule has 118 valence electrons. The van der Waals surface area contributed by atoms with Gasteiger partial charge >= 0.3 is 5.97 Å². The van der Waals surface area contributed by atoms with Crippen molar-refractivity contribution in [3.05, 3.63) is 10.6 Å². The van der Waals surface area contributed by atoms with Gasteiger partial charge in [-0.25, -0.2) is 9.78 Å². The second-order valence-corrected chi connectivity index (χ2v) is 7.89. The molecule has 0 amide bonds. The summed E-state index contributed by atoms with van der Waals surface area (Å²) >= 11 is 1.31. The maximum atomic E-state index is 11.5. The molecule has 2 rings (SSSR count). The number of carboxylic acids is 1. The van der Waals surface area contributed by atoms with Gasteiger partial charge in [0, 0.05) is 24.5 Å². The summed E-state index contributed by atoms with van der Waals surface area (Å²) in [6, 6.07) is 0.613. The van der Waals surface area contributed by atoms with Gasteiger partial charge in [-0.1, -0.05) is 32.1 Å². The van der Waals surface area contributed by atoms with Crippen LogP contribution in [0.25, 0.3) is 0 Å². The smallest absolute Gasteiger partial charge is 0.347 e. The van der Waals surface area contributed by atoms with Gasteiger partial charge in [-0.3, -0.25) is 0 Å². The molecule has 0 aromatic carbocycles. The highest BCUT2D eigenvalue weighted by Crippen LogP contribution is 2.35. The third-order valence-corrected chi connectivity index (χ3v) is 5.09. The number of hydrogen-bond donors (Lipinski definition) is 1. The van der Waals surface area contributed by atoms with Crippen LogP contribution in [0.2, 0.25) is 0 Å². The van der Waals surface area contributed by atoms with E-state index in [1.165, 1.54) is 11.3 Å². The number of piperidine rings is 1. The summed E-state index contributed by atoms with van der Waals surface area (Å²) in [6.07, 6.45) is 2.19. The Morgan fingerprint density at radius 1 is 1.33 bits per heavy atom. The average molecular weight is 311 g/mol. The van der Waals surface area contributed by atoms with E-state index >= 15 is 0 Å². The lowest BCUT2D eigenvalue weighted by Gasteiger charge is -2.35. The van der Waals surface area contributed by atoms with E-state index in [-0.39, 0.29) is 5.41 Å². The second-order valence-electron chi connectivity index (χ2n) is 6.91. The Labute approximate surface area is 130 Å². The second kappa shape index (κ2) is 5.93. The first kappa shape index (κ1) is 16.2. The Kier molecular flexibility index (Phi) is 4.58. The minimum Gasteiger partial charge on any atom is -0.477 e. The van der Waals surface area contributed by atoms with E-state index in [1.54, 1.807) is 0 Å². The summed E-state index contributed by atoms with van der Waals surface area (Å²) in [6.45, 7) is 7.92. The number of thiazole rings is 1. The van der Waals surface area contributed by atoms with Gasteiger partial charge in [0.15, 0.2) is 5.13 Å². The van der Waals surface area contributed by atoms with E-state index < -0.39 is 5.97 Å². The molecule has 2 heterocycles. The van der Waals surface area contributed by atoms with Crippen LogP contribution in [0.3, 0.4) is 0 Å². The van der Waals surface area contributed by atoms with E-state index in [0.29, 0.717) is 16.6 Å². The highest BCUT2D eigenvalue weighted by Gasteiger charge is 2.30. The average Bonchev–Trinajstić information content (AvgIpc) is 2.84. The standard InChI is InChI=1S/C15H25N3O2S/c1-15(2,3)12-11(13(19)20)21-14(16-12)18-8-6-10(7-9-18)17(4)5/h10H,6-9H2,1-5H3,(H,19,20). The van der Waals surface area contributed by atoms with Gasteiger partial charge in [0.2, 0.25) is 0 Å². The lowest BCUT2D eigenvalue weighted by atomic mass is 9.91. The monoisotopic (exact) mass is 311 g/mol. The molecule has 21 heavy (non-hydrogen) atoms. The molecule has 6 heteroatoms. The fraction of sp³-hybridized carbons (Fsp3) is 0.733. The van der Waals surface area contributed by atoms with Crippen LogP contribution in [0, 0.1) is 0 Å². The zero-order chi connectivity index (χ0) is 15.8. The molecule has 5 nitrogen and oxygen atoms in total. The van der Waals surface area contributed by atoms with Crippen molar-refractivity contribution in [3.8, 4) is 0 Å². The predicted molar refractivity (Wildman–Crippen MR) is 86.7 cm³/mol. The van der Waals surface area contributed by atoms with Crippen molar-refractivity contribution in [3.63, 3.8) is 0 Å². The molecule has 0 saturated carbocycles. The Morgan fingerprint density at radius 3 is 2.29 bits per heavy atom. The van der Waals surface area contributed by atoms with Crippen molar-refractivity contribution >= 4 is 22.4 Å². The number of carbonyl (C=O) groups is 1. The van der Waals surface area contributed by atoms with Crippen LogP contribution in [-0.2, 0) is 5.41 Å². The highest BCUT2D eigenvalue weighted by atomic mass is 32.1. The number of aromatic nitrogens is 1. The highest BCUT2D eigenvalue weighted by molar-refractivity contribution is 7.17. The first-order valence-corrected chi connectivity index (χ1v) is 8.17. The third-order valence-electron chi connectivity index (χ3n) is 3.99. The predicted octanol–water partition coefficient (Wildman–Crippen LogP) is 2.67. The topological polar surface area (TPSA) is 56.7 Å². The van der Waals surface area contributed by atoms with Gasteiger partial charge in [0.05, 0.1) is 5.69 Å². The zero-order valence-electron chi connectivity index (χ0n) is 13.5. The molecule has 0 spiro atoms. The third kappa shape index (κ3) is 3.55. The molecule has 1 aromatic rings. The molecule has 0 bridgehead atoms. The molecule has 1 aliphatic heterocycles. The minimum absolute atomic E-state index is 0.246. The minimum atomic E-state index is -0.869. The van der Waals surface area contributed by atoms with E-state index in [1.807, 2.05) is 20.8 Å². The van der Waals surface area contributed by atoms with Gasteiger partial charge in [-0.15, -0.1) is 0 Å².